The predicted molar refractivity (Wildman–Crippen MR) is 125 cm³/mol. The molecule has 1 aliphatic heterocycles. The van der Waals surface area contributed by atoms with Crippen molar-refractivity contribution in [2.24, 2.45) is 5.92 Å². The highest BCUT2D eigenvalue weighted by atomic mass is 16.5. The van der Waals surface area contributed by atoms with Crippen molar-refractivity contribution < 1.29 is 19.1 Å². The van der Waals surface area contributed by atoms with Crippen LogP contribution < -0.4 is 10.1 Å². The average Bonchev–Trinajstić information content (AvgIpc) is 2.83. The Morgan fingerprint density at radius 3 is 2.59 bits per heavy atom. The standard InChI is InChI=1S/C25H33N3O4/c1-27(25(30)26-23-9-5-4-8-22(23)24(29)32-3)17-20-7-6-15-28(18-20)16-14-19-10-12-21(31-2)13-11-19/h4-5,8-13,20H,6-7,14-18H2,1-3H3,(H,26,30). The number of nitrogens with zero attached hydrogens (tertiary/aromatic N) is 2. The molecule has 0 bridgehead atoms. The number of amides is 2. The fraction of sp³-hybridized carbons (Fsp3) is 0.440. The number of hydrogen-bond acceptors (Lipinski definition) is 5. The minimum absolute atomic E-state index is 0.225. The van der Waals surface area contributed by atoms with Crippen LogP contribution in [0.2, 0.25) is 0 Å². The molecular weight excluding hydrogens is 406 g/mol. The van der Waals surface area contributed by atoms with Gasteiger partial charge >= 0.3 is 12.0 Å². The normalized spacial score (nSPS) is 16.3. The molecule has 172 valence electrons. The largest absolute Gasteiger partial charge is 0.497 e. The molecule has 2 aromatic carbocycles. The van der Waals surface area contributed by atoms with Gasteiger partial charge in [-0.25, -0.2) is 9.59 Å². The predicted octanol–water partition coefficient (Wildman–Crippen LogP) is 3.90. The number of carbonyl (C=O) groups is 2. The molecule has 1 unspecified atom stereocenters. The zero-order valence-corrected chi connectivity index (χ0v) is 19.2. The molecule has 1 fully saturated rings. The molecule has 0 spiro atoms. The third-order valence-corrected chi connectivity index (χ3v) is 5.93. The van der Waals surface area contributed by atoms with E-state index in [2.05, 4.69) is 22.3 Å². The van der Waals surface area contributed by atoms with Crippen LogP contribution in [0.3, 0.4) is 0 Å². The summed E-state index contributed by atoms with van der Waals surface area (Å²) >= 11 is 0. The Kier molecular flexibility index (Phi) is 8.50. The number of likely N-dealkylation sites (tertiary alicyclic amines) is 1. The van der Waals surface area contributed by atoms with Gasteiger partial charge in [0.2, 0.25) is 0 Å². The molecule has 7 nitrogen and oxygen atoms in total. The number of urea groups is 1. The van der Waals surface area contributed by atoms with Crippen LogP contribution in [0, 0.1) is 5.92 Å². The van der Waals surface area contributed by atoms with Crippen LogP contribution in [0.1, 0.15) is 28.8 Å². The molecule has 1 N–H and O–H groups in total. The van der Waals surface area contributed by atoms with E-state index in [1.165, 1.54) is 12.7 Å². The first-order chi connectivity index (χ1) is 15.5. The summed E-state index contributed by atoms with van der Waals surface area (Å²) in [5.41, 5.74) is 2.11. The number of benzene rings is 2. The topological polar surface area (TPSA) is 71.1 Å². The molecule has 0 aliphatic carbocycles. The van der Waals surface area contributed by atoms with Crippen molar-refractivity contribution in [3.8, 4) is 5.75 Å². The molecule has 0 aromatic heterocycles. The molecule has 2 amide bonds. The Hall–Kier alpha value is -3.06. The molecule has 1 saturated heterocycles. The number of piperidine rings is 1. The van der Waals surface area contributed by atoms with E-state index in [0.717, 1.165) is 44.6 Å². The van der Waals surface area contributed by atoms with Crippen molar-refractivity contribution >= 4 is 17.7 Å². The molecule has 32 heavy (non-hydrogen) atoms. The molecule has 7 heteroatoms. The third kappa shape index (κ3) is 6.47. The van der Waals surface area contributed by atoms with Crippen molar-refractivity contribution in [3.05, 3.63) is 59.7 Å². The van der Waals surface area contributed by atoms with Gasteiger partial charge in [-0.1, -0.05) is 24.3 Å². The molecule has 1 aliphatic rings. The number of rotatable bonds is 8. The quantitative estimate of drug-likeness (QED) is 0.632. The summed E-state index contributed by atoms with van der Waals surface area (Å²) in [4.78, 5) is 28.9. The lowest BCUT2D eigenvalue weighted by Crippen LogP contribution is -2.43. The van der Waals surface area contributed by atoms with Gasteiger partial charge in [0.25, 0.3) is 0 Å². The molecular formula is C25H33N3O4. The number of nitrogens with one attached hydrogen (secondary N) is 1. The molecule has 1 atom stereocenters. The van der Waals surface area contributed by atoms with E-state index >= 15 is 0 Å². The van der Waals surface area contributed by atoms with Crippen LogP contribution in [0.5, 0.6) is 5.75 Å². The van der Waals surface area contributed by atoms with Crippen LogP contribution in [0.4, 0.5) is 10.5 Å². The van der Waals surface area contributed by atoms with Crippen LogP contribution in [-0.2, 0) is 11.2 Å². The van der Waals surface area contributed by atoms with Gasteiger partial charge in [0, 0.05) is 26.7 Å². The van der Waals surface area contributed by atoms with Crippen LogP contribution >= 0.6 is 0 Å². The van der Waals surface area contributed by atoms with Crippen molar-refractivity contribution in [3.63, 3.8) is 0 Å². The van der Waals surface area contributed by atoms with E-state index in [4.69, 9.17) is 9.47 Å². The van der Waals surface area contributed by atoms with Gasteiger partial charge in [-0.2, -0.15) is 0 Å². The second-order valence-corrected chi connectivity index (χ2v) is 8.25. The van der Waals surface area contributed by atoms with Crippen molar-refractivity contribution in [1.29, 1.82) is 0 Å². The van der Waals surface area contributed by atoms with E-state index in [0.29, 0.717) is 23.7 Å². The van der Waals surface area contributed by atoms with Crippen molar-refractivity contribution in [2.45, 2.75) is 19.3 Å². The first-order valence-corrected chi connectivity index (χ1v) is 11.0. The highest BCUT2D eigenvalue weighted by molar-refractivity contribution is 6.00. The second-order valence-electron chi connectivity index (χ2n) is 8.25. The smallest absolute Gasteiger partial charge is 0.339 e. The van der Waals surface area contributed by atoms with E-state index in [1.54, 1.807) is 43.3 Å². The van der Waals surface area contributed by atoms with Gasteiger partial charge in [-0.05, 0) is 61.6 Å². The molecule has 1 heterocycles. The maximum Gasteiger partial charge on any atom is 0.339 e. The minimum Gasteiger partial charge on any atom is -0.497 e. The second kappa shape index (κ2) is 11.5. The Balaban J connectivity index is 1.49. The van der Waals surface area contributed by atoms with E-state index in [9.17, 15) is 9.59 Å². The SMILES string of the molecule is COC(=O)c1ccccc1NC(=O)N(C)CC1CCCN(CCc2ccc(OC)cc2)C1. The van der Waals surface area contributed by atoms with Crippen LogP contribution in [0.25, 0.3) is 0 Å². The summed E-state index contributed by atoms with van der Waals surface area (Å²) in [5, 5.41) is 2.84. The van der Waals surface area contributed by atoms with Gasteiger partial charge in [0.05, 0.1) is 25.5 Å². The summed E-state index contributed by atoms with van der Waals surface area (Å²) in [5.74, 6) is 0.830. The van der Waals surface area contributed by atoms with Crippen molar-refractivity contribution in [2.75, 3.05) is 52.8 Å². The number of ether oxygens (including phenoxy) is 2. The maximum atomic E-state index is 12.7. The fourth-order valence-corrected chi connectivity index (χ4v) is 4.14. The summed E-state index contributed by atoms with van der Waals surface area (Å²) < 4.78 is 10.0. The van der Waals surface area contributed by atoms with Crippen LogP contribution in [-0.4, -0.2) is 69.2 Å². The number of hydrogen-bond donors (Lipinski definition) is 1. The summed E-state index contributed by atoms with van der Waals surface area (Å²) in [6.45, 7) is 3.75. The molecule has 3 rings (SSSR count). The Bertz CT molecular complexity index is 900. The zero-order chi connectivity index (χ0) is 22.9. The number of esters is 1. The Morgan fingerprint density at radius 1 is 1.12 bits per heavy atom. The number of carbonyl (C=O) groups excluding carboxylic acids is 2. The Morgan fingerprint density at radius 2 is 1.88 bits per heavy atom. The van der Waals surface area contributed by atoms with E-state index in [-0.39, 0.29) is 6.03 Å². The summed E-state index contributed by atoms with van der Waals surface area (Å²) in [6.07, 6.45) is 3.24. The van der Waals surface area contributed by atoms with Gasteiger partial charge in [-0.15, -0.1) is 0 Å². The zero-order valence-electron chi connectivity index (χ0n) is 19.2. The highest BCUT2D eigenvalue weighted by Crippen LogP contribution is 2.20. The fourth-order valence-electron chi connectivity index (χ4n) is 4.14. The van der Waals surface area contributed by atoms with Gasteiger partial charge in [-0.3, -0.25) is 0 Å². The van der Waals surface area contributed by atoms with Gasteiger partial charge < -0.3 is 24.6 Å². The van der Waals surface area contributed by atoms with Crippen molar-refractivity contribution in [1.82, 2.24) is 9.80 Å². The third-order valence-electron chi connectivity index (χ3n) is 5.93. The van der Waals surface area contributed by atoms with E-state index < -0.39 is 5.97 Å². The monoisotopic (exact) mass is 439 g/mol. The van der Waals surface area contributed by atoms with Gasteiger partial charge in [0.1, 0.15) is 5.75 Å². The van der Waals surface area contributed by atoms with Gasteiger partial charge in [0.15, 0.2) is 0 Å². The molecule has 0 radical (unpaired) electrons. The molecule has 0 saturated carbocycles. The Labute approximate surface area is 190 Å². The first-order valence-electron chi connectivity index (χ1n) is 11.0. The number of anilines is 1. The molecule has 2 aromatic rings. The lowest BCUT2D eigenvalue weighted by atomic mass is 9.97. The number of methoxy groups -OCH3 is 2. The lowest BCUT2D eigenvalue weighted by molar-refractivity contribution is 0.0602. The average molecular weight is 440 g/mol. The highest BCUT2D eigenvalue weighted by Gasteiger charge is 2.23. The summed E-state index contributed by atoms with van der Waals surface area (Å²) in [6, 6.07) is 14.9. The maximum absolute atomic E-state index is 12.7. The first kappa shape index (κ1) is 23.6. The minimum atomic E-state index is -0.469. The lowest BCUT2D eigenvalue weighted by Gasteiger charge is -2.34. The van der Waals surface area contributed by atoms with E-state index in [1.807, 2.05) is 12.1 Å². The van der Waals surface area contributed by atoms with Crippen LogP contribution in [0.15, 0.2) is 48.5 Å². The summed E-state index contributed by atoms with van der Waals surface area (Å²) in [7, 11) is 4.81. The number of para-hydroxylation sites is 1.